The Hall–Kier alpha value is -0.610. The monoisotopic (exact) mass is 176 g/mol. The Morgan fingerprint density at radius 2 is 2.17 bits per heavy atom. The van der Waals surface area contributed by atoms with Crippen molar-refractivity contribution in [2.24, 2.45) is 0 Å². The summed E-state index contributed by atoms with van der Waals surface area (Å²) in [4.78, 5) is 10.9. The van der Waals surface area contributed by atoms with Crippen LogP contribution in [0.5, 0.6) is 0 Å². The van der Waals surface area contributed by atoms with E-state index in [-0.39, 0.29) is 6.61 Å². The van der Waals surface area contributed by atoms with Gasteiger partial charge in [-0.05, 0) is 13.3 Å². The summed E-state index contributed by atoms with van der Waals surface area (Å²) in [5.74, 6) is -0.668. The summed E-state index contributed by atoms with van der Waals surface area (Å²) in [6, 6.07) is 0. The Kier molecular flexibility index (Phi) is 4.85. The summed E-state index contributed by atoms with van der Waals surface area (Å²) in [6.45, 7) is 3.84. The van der Waals surface area contributed by atoms with E-state index in [2.05, 4.69) is 4.74 Å². The summed E-state index contributed by atoms with van der Waals surface area (Å²) in [7, 11) is 1.23. The molecule has 0 aliphatic rings. The molecule has 1 atom stereocenters. The van der Waals surface area contributed by atoms with E-state index in [0.717, 1.165) is 6.42 Å². The highest BCUT2D eigenvalue weighted by atomic mass is 16.6. The number of aliphatic hydroxyl groups is 1. The van der Waals surface area contributed by atoms with E-state index >= 15 is 0 Å². The van der Waals surface area contributed by atoms with Crippen LogP contribution in [0, 0.1) is 0 Å². The van der Waals surface area contributed by atoms with Crippen LogP contribution >= 0.6 is 0 Å². The minimum atomic E-state index is -1.52. The molecular formula is C8H16O4. The molecule has 72 valence electrons. The van der Waals surface area contributed by atoms with Gasteiger partial charge in [-0.3, -0.25) is 0 Å². The summed E-state index contributed by atoms with van der Waals surface area (Å²) < 4.78 is 9.40. The van der Waals surface area contributed by atoms with Crippen LogP contribution in [0.3, 0.4) is 0 Å². The van der Waals surface area contributed by atoms with E-state index in [9.17, 15) is 9.90 Å². The third-order valence-electron chi connectivity index (χ3n) is 1.36. The van der Waals surface area contributed by atoms with Crippen LogP contribution in [0.15, 0.2) is 0 Å². The third-order valence-corrected chi connectivity index (χ3v) is 1.36. The van der Waals surface area contributed by atoms with Crippen molar-refractivity contribution in [1.82, 2.24) is 0 Å². The molecule has 0 aromatic carbocycles. The van der Waals surface area contributed by atoms with Crippen LogP contribution < -0.4 is 0 Å². The highest BCUT2D eigenvalue weighted by molar-refractivity contribution is 5.78. The number of hydrogen-bond acceptors (Lipinski definition) is 4. The van der Waals surface area contributed by atoms with Gasteiger partial charge in [0, 0.05) is 6.61 Å². The van der Waals surface area contributed by atoms with Gasteiger partial charge in [0.2, 0.25) is 0 Å². The number of rotatable bonds is 5. The van der Waals surface area contributed by atoms with E-state index < -0.39 is 11.6 Å². The van der Waals surface area contributed by atoms with E-state index in [1.54, 1.807) is 0 Å². The van der Waals surface area contributed by atoms with Crippen LogP contribution in [0.1, 0.15) is 20.3 Å². The van der Waals surface area contributed by atoms with Crippen LogP contribution in [-0.4, -0.2) is 37.0 Å². The lowest BCUT2D eigenvalue weighted by molar-refractivity contribution is -0.166. The first-order chi connectivity index (χ1) is 5.54. The lowest BCUT2D eigenvalue weighted by Gasteiger charge is -2.19. The molecule has 0 aliphatic heterocycles. The van der Waals surface area contributed by atoms with Gasteiger partial charge in [0.15, 0.2) is 5.60 Å². The Morgan fingerprint density at radius 1 is 1.58 bits per heavy atom. The van der Waals surface area contributed by atoms with Gasteiger partial charge in [-0.1, -0.05) is 6.92 Å². The molecule has 4 nitrogen and oxygen atoms in total. The molecule has 0 amide bonds. The Labute approximate surface area is 72.5 Å². The van der Waals surface area contributed by atoms with Crippen molar-refractivity contribution in [2.75, 3.05) is 20.3 Å². The second-order valence-corrected chi connectivity index (χ2v) is 2.82. The molecule has 0 saturated carbocycles. The van der Waals surface area contributed by atoms with Crippen LogP contribution in [-0.2, 0) is 14.3 Å². The lowest BCUT2D eigenvalue weighted by Crippen LogP contribution is -2.41. The Balaban J connectivity index is 3.78. The maximum absolute atomic E-state index is 10.9. The first kappa shape index (κ1) is 11.4. The zero-order valence-corrected chi connectivity index (χ0v) is 7.79. The maximum Gasteiger partial charge on any atom is 0.339 e. The van der Waals surface area contributed by atoms with Gasteiger partial charge >= 0.3 is 5.97 Å². The molecule has 4 heteroatoms. The summed E-state index contributed by atoms with van der Waals surface area (Å²) in [5, 5.41) is 9.41. The van der Waals surface area contributed by atoms with Crippen molar-refractivity contribution in [3.8, 4) is 0 Å². The molecule has 1 N–H and O–H groups in total. The first-order valence-electron chi connectivity index (χ1n) is 3.93. The molecule has 12 heavy (non-hydrogen) atoms. The van der Waals surface area contributed by atoms with Crippen LogP contribution in [0.4, 0.5) is 0 Å². The Bertz CT molecular complexity index is 142. The average molecular weight is 176 g/mol. The molecule has 0 fully saturated rings. The lowest BCUT2D eigenvalue weighted by atomic mass is 10.1. The largest absolute Gasteiger partial charge is 0.467 e. The van der Waals surface area contributed by atoms with Crippen LogP contribution in [0.2, 0.25) is 0 Å². The second-order valence-electron chi connectivity index (χ2n) is 2.82. The topological polar surface area (TPSA) is 55.8 Å². The fraction of sp³-hybridized carbons (Fsp3) is 0.875. The molecule has 0 heterocycles. The number of carbonyl (C=O) groups excluding carboxylic acids is 1. The van der Waals surface area contributed by atoms with Crippen molar-refractivity contribution < 1.29 is 19.4 Å². The van der Waals surface area contributed by atoms with Crippen molar-refractivity contribution in [3.05, 3.63) is 0 Å². The molecule has 0 aliphatic carbocycles. The highest BCUT2D eigenvalue weighted by Gasteiger charge is 2.31. The fourth-order valence-electron chi connectivity index (χ4n) is 0.694. The highest BCUT2D eigenvalue weighted by Crippen LogP contribution is 2.06. The molecule has 0 aromatic rings. The van der Waals surface area contributed by atoms with Gasteiger partial charge < -0.3 is 14.6 Å². The molecule has 0 rings (SSSR count). The maximum atomic E-state index is 10.9. The van der Waals surface area contributed by atoms with Crippen molar-refractivity contribution in [1.29, 1.82) is 0 Å². The van der Waals surface area contributed by atoms with Crippen LogP contribution in [0.25, 0.3) is 0 Å². The van der Waals surface area contributed by atoms with Crippen molar-refractivity contribution in [3.63, 3.8) is 0 Å². The van der Waals surface area contributed by atoms with E-state index in [1.807, 2.05) is 6.92 Å². The third kappa shape index (κ3) is 3.69. The predicted octanol–water partition coefficient (Wildman–Crippen LogP) is 0.337. The van der Waals surface area contributed by atoms with Crippen molar-refractivity contribution >= 4 is 5.97 Å². The second kappa shape index (κ2) is 5.11. The number of carbonyl (C=O) groups is 1. The van der Waals surface area contributed by atoms with E-state index in [1.165, 1.54) is 14.0 Å². The quantitative estimate of drug-likeness (QED) is 0.484. The molecule has 0 aromatic heterocycles. The van der Waals surface area contributed by atoms with Gasteiger partial charge in [-0.25, -0.2) is 4.79 Å². The molecule has 1 unspecified atom stereocenters. The average Bonchev–Trinajstić information content (AvgIpc) is 2.03. The van der Waals surface area contributed by atoms with Gasteiger partial charge in [-0.2, -0.15) is 0 Å². The van der Waals surface area contributed by atoms with Gasteiger partial charge in [0.25, 0.3) is 0 Å². The Morgan fingerprint density at radius 3 is 2.58 bits per heavy atom. The summed E-state index contributed by atoms with van der Waals surface area (Å²) in [5.41, 5.74) is -1.52. The minimum absolute atomic E-state index is 0.0203. The van der Waals surface area contributed by atoms with Gasteiger partial charge in [0.1, 0.15) is 0 Å². The molecule has 0 radical (unpaired) electrons. The molecule has 0 bridgehead atoms. The minimum Gasteiger partial charge on any atom is -0.467 e. The normalized spacial score (nSPS) is 15.3. The molecule has 0 saturated heterocycles. The molecule has 0 spiro atoms. The smallest absolute Gasteiger partial charge is 0.339 e. The number of ether oxygens (including phenoxy) is 2. The summed E-state index contributed by atoms with van der Waals surface area (Å²) in [6.07, 6.45) is 0.858. The zero-order valence-electron chi connectivity index (χ0n) is 7.79. The zero-order chi connectivity index (χ0) is 9.61. The van der Waals surface area contributed by atoms with Gasteiger partial charge in [0.05, 0.1) is 13.7 Å². The molecular weight excluding hydrogens is 160 g/mol. The van der Waals surface area contributed by atoms with E-state index in [4.69, 9.17) is 4.74 Å². The first-order valence-corrected chi connectivity index (χ1v) is 3.93. The number of methoxy groups -OCH3 is 1. The number of esters is 1. The van der Waals surface area contributed by atoms with Crippen molar-refractivity contribution in [2.45, 2.75) is 25.9 Å². The SMILES string of the molecule is CCCOCC(C)(O)C(=O)OC. The standard InChI is InChI=1S/C8H16O4/c1-4-5-12-6-8(2,10)7(9)11-3/h10H,4-6H2,1-3H3. The predicted molar refractivity (Wildman–Crippen MR) is 43.7 cm³/mol. The summed E-state index contributed by atoms with van der Waals surface area (Å²) >= 11 is 0. The van der Waals surface area contributed by atoms with E-state index in [0.29, 0.717) is 6.61 Å². The van der Waals surface area contributed by atoms with Gasteiger partial charge in [-0.15, -0.1) is 0 Å². The number of hydrogen-bond donors (Lipinski definition) is 1. The fourth-order valence-corrected chi connectivity index (χ4v) is 0.694.